The minimum Gasteiger partial charge on any atom is -0.330 e. The third-order valence-electron chi connectivity index (χ3n) is 5.86. The minimum absolute atomic E-state index is 0.0110. The SMILES string of the molecule is O=C(S)N1CC=C(CS(=O)(=O)C=C2CN(C(c3ccc(Cl)cc3)c3ccc(Cl)cc3)C2)CC1. The van der Waals surface area contributed by atoms with Gasteiger partial charge >= 0.3 is 0 Å². The van der Waals surface area contributed by atoms with Crippen LogP contribution in [0, 0.1) is 0 Å². The van der Waals surface area contributed by atoms with E-state index in [1.165, 1.54) is 5.41 Å². The summed E-state index contributed by atoms with van der Waals surface area (Å²) < 4.78 is 25.5. The second-order valence-electron chi connectivity index (χ2n) is 8.33. The Morgan fingerprint density at radius 1 is 1.00 bits per heavy atom. The van der Waals surface area contributed by atoms with E-state index in [0.717, 1.165) is 22.3 Å². The van der Waals surface area contributed by atoms with Crippen molar-refractivity contribution in [1.29, 1.82) is 0 Å². The van der Waals surface area contributed by atoms with E-state index < -0.39 is 9.84 Å². The highest BCUT2D eigenvalue weighted by atomic mass is 35.5. The summed E-state index contributed by atoms with van der Waals surface area (Å²) in [5, 5.41) is 2.47. The number of halogens is 2. The molecule has 0 spiro atoms. The molecule has 2 aliphatic rings. The zero-order valence-corrected chi connectivity index (χ0v) is 21.0. The van der Waals surface area contributed by atoms with Crippen LogP contribution in [-0.4, -0.2) is 55.4 Å². The fourth-order valence-electron chi connectivity index (χ4n) is 4.21. The van der Waals surface area contributed by atoms with Gasteiger partial charge in [0.05, 0.1) is 11.8 Å². The highest BCUT2D eigenvalue weighted by Gasteiger charge is 2.31. The van der Waals surface area contributed by atoms with E-state index in [-0.39, 0.29) is 17.0 Å². The molecule has 1 saturated heterocycles. The van der Waals surface area contributed by atoms with Gasteiger partial charge in [-0.2, -0.15) is 0 Å². The van der Waals surface area contributed by atoms with Crippen LogP contribution in [-0.2, 0) is 9.84 Å². The topological polar surface area (TPSA) is 57.7 Å². The lowest BCUT2D eigenvalue weighted by atomic mass is 9.93. The lowest BCUT2D eigenvalue weighted by molar-refractivity contribution is 0.202. The average molecular weight is 524 g/mol. The van der Waals surface area contributed by atoms with Crippen molar-refractivity contribution < 1.29 is 13.2 Å². The minimum atomic E-state index is -3.38. The van der Waals surface area contributed by atoms with Crippen molar-refractivity contribution in [3.8, 4) is 0 Å². The number of hydrogen-bond acceptors (Lipinski definition) is 4. The molecule has 4 rings (SSSR count). The Balaban J connectivity index is 1.46. The van der Waals surface area contributed by atoms with Crippen molar-refractivity contribution in [3.05, 3.63) is 92.3 Å². The van der Waals surface area contributed by atoms with Gasteiger partial charge in [0, 0.05) is 41.6 Å². The highest BCUT2D eigenvalue weighted by Crippen LogP contribution is 2.35. The lowest BCUT2D eigenvalue weighted by Crippen LogP contribution is -2.43. The summed E-state index contributed by atoms with van der Waals surface area (Å²) in [6, 6.07) is 15.4. The molecule has 174 valence electrons. The van der Waals surface area contributed by atoms with Gasteiger partial charge in [0.2, 0.25) is 0 Å². The van der Waals surface area contributed by atoms with E-state index in [2.05, 4.69) is 17.5 Å². The van der Waals surface area contributed by atoms with Crippen molar-refractivity contribution >= 4 is 50.9 Å². The molecule has 1 amide bonds. The maximum Gasteiger partial charge on any atom is 0.278 e. The fourth-order valence-corrected chi connectivity index (χ4v) is 6.16. The first-order valence-corrected chi connectivity index (χ1v) is 13.4. The summed E-state index contributed by atoms with van der Waals surface area (Å²) in [6.45, 7) is 2.03. The predicted octanol–water partition coefficient (Wildman–Crippen LogP) is 5.38. The zero-order chi connectivity index (χ0) is 23.6. The van der Waals surface area contributed by atoms with E-state index in [1.807, 2.05) is 54.6 Å². The molecule has 33 heavy (non-hydrogen) atoms. The Kier molecular flexibility index (Phi) is 7.56. The van der Waals surface area contributed by atoms with Crippen LogP contribution in [0.1, 0.15) is 23.6 Å². The number of sulfone groups is 1. The van der Waals surface area contributed by atoms with Crippen LogP contribution >= 0.6 is 35.8 Å². The fraction of sp³-hybridized carbons (Fsp3) is 0.292. The molecule has 0 aromatic heterocycles. The summed E-state index contributed by atoms with van der Waals surface area (Å²) in [4.78, 5) is 15.1. The van der Waals surface area contributed by atoms with E-state index >= 15 is 0 Å². The monoisotopic (exact) mass is 522 g/mol. The molecule has 0 bridgehead atoms. The molecule has 5 nitrogen and oxygen atoms in total. The van der Waals surface area contributed by atoms with Gasteiger partial charge in [-0.15, -0.1) is 0 Å². The van der Waals surface area contributed by atoms with Gasteiger partial charge in [0.1, 0.15) is 0 Å². The van der Waals surface area contributed by atoms with Gasteiger partial charge in [-0.25, -0.2) is 8.42 Å². The van der Waals surface area contributed by atoms with Gasteiger partial charge in [0.25, 0.3) is 5.24 Å². The number of nitrogens with zero attached hydrogens (tertiary/aromatic N) is 2. The standard InChI is InChI=1S/C24H24Cl2N2O3S2/c25-21-5-1-19(2-6-21)23(20-3-7-22(26)8-4-20)28-13-18(14-28)16-33(30,31)15-17-9-11-27(12-10-17)24(29)32/h1-9,16,23H,10-15H2,(H,29,32). The smallest absolute Gasteiger partial charge is 0.278 e. The molecule has 2 heterocycles. The first-order chi connectivity index (χ1) is 15.7. The number of thiol groups is 1. The summed E-state index contributed by atoms with van der Waals surface area (Å²) >= 11 is 16.0. The Morgan fingerprint density at radius 2 is 1.55 bits per heavy atom. The Labute approximate surface area is 210 Å². The van der Waals surface area contributed by atoms with Gasteiger partial charge < -0.3 is 4.90 Å². The number of amides is 1. The summed E-state index contributed by atoms with van der Waals surface area (Å²) in [5.74, 6) is -0.0110. The molecule has 2 aliphatic heterocycles. The molecule has 2 aromatic carbocycles. The number of carbonyl (C=O) groups excluding carboxylic acids is 1. The maximum atomic E-state index is 12.7. The van der Waals surface area contributed by atoms with Crippen molar-refractivity contribution in [3.63, 3.8) is 0 Å². The molecule has 0 N–H and O–H groups in total. The number of benzene rings is 2. The number of carbonyl (C=O) groups is 1. The van der Waals surface area contributed by atoms with Crippen LogP contribution in [0.25, 0.3) is 0 Å². The Bertz CT molecular complexity index is 1140. The molecular weight excluding hydrogens is 499 g/mol. The lowest BCUT2D eigenvalue weighted by Gasteiger charge is -2.41. The molecule has 0 aliphatic carbocycles. The molecule has 1 fully saturated rings. The van der Waals surface area contributed by atoms with Gasteiger partial charge in [-0.05, 0) is 47.4 Å². The van der Waals surface area contributed by atoms with E-state index in [0.29, 0.717) is 42.6 Å². The predicted molar refractivity (Wildman–Crippen MR) is 137 cm³/mol. The van der Waals surface area contributed by atoms with Crippen LogP contribution in [0.5, 0.6) is 0 Å². The van der Waals surface area contributed by atoms with Gasteiger partial charge in [-0.1, -0.05) is 71.7 Å². The maximum absolute atomic E-state index is 12.7. The largest absolute Gasteiger partial charge is 0.330 e. The normalized spacial score (nSPS) is 17.0. The Morgan fingerprint density at radius 3 is 2.00 bits per heavy atom. The third kappa shape index (κ3) is 6.22. The van der Waals surface area contributed by atoms with E-state index in [1.54, 1.807) is 4.90 Å². The van der Waals surface area contributed by atoms with Crippen molar-refractivity contribution in [2.24, 2.45) is 0 Å². The second-order valence-corrected chi connectivity index (χ2v) is 11.4. The molecule has 0 unspecified atom stereocenters. The van der Waals surface area contributed by atoms with Crippen molar-refractivity contribution in [2.45, 2.75) is 12.5 Å². The van der Waals surface area contributed by atoms with Crippen LogP contribution in [0.4, 0.5) is 4.79 Å². The van der Waals surface area contributed by atoms with Crippen LogP contribution < -0.4 is 0 Å². The summed E-state index contributed by atoms with van der Waals surface area (Å²) in [6.07, 6.45) is 2.37. The zero-order valence-electron chi connectivity index (χ0n) is 17.8. The van der Waals surface area contributed by atoms with Crippen molar-refractivity contribution in [2.75, 3.05) is 31.9 Å². The second kappa shape index (κ2) is 10.2. The Hall–Kier alpha value is -1.77. The van der Waals surface area contributed by atoms with Gasteiger partial charge in [-0.3, -0.25) is 9.69 Å². The number of hydrogen-bond donors (Lipinski definition) is 1. The van der Waals surface area contributed by atoms with Crippen LogP contribution in [0.15, 0.2) is 71.2 Å². The average Bonchev–Trinajstić information content (AvgIpc) is 2.74. The number of rotatable bonds is 6. The van der Waals surface area contributed by atoms with Gasteiger partial charge in [0.15, 0.2) is 9.84 Å². The molecule has 2 aromatic rings. The summed E-state index contributed by atoms with van der Waals surface area (Å²) in [5.41, 5.74) is 3.89. The highest BCUT2D eigenvalue weighted by molar-refractivity contribution is 7.96. The number of likely N-dealkylation sites (tertiary alicyclic amines) is 1. The molecule has 9 heteroatoms. The molecule has 0 atom stereocenters. The molecule has 0 saturated carbocycles. The van der Waals surface area contributed by atoms with Crippen LogP contribution in [0.2, 0.25) is 10.0 Å². The molecular formula is C24H24Cl2N2O3S2. The first kappa shape index (κ1) is 24.4. The van der Waals surface area contributed by atoms with E-state index in [9.17, 15) is 13.2 Å². The third-order valence-corrected chi connectivity index (χ3v) is 8.11. The van der Waals surface area contributed by atoms with E-state index in [4.69, 9.17) is 23.2 Å². The summed E-state index contributed by atoms with van der Waals surface area (Å²) in [7, 11) is -3.38. The van der Waals surface area contributed by atoms with Crippen LogP contribution in [0.3, 0.4) is 0 Å². The first-order valence-electron chi connectivity index (χ1n) is 10.5. The quantitative estimate of drug-likeness (QED) is 0.408. The molecule has 0 radical (unpaired) electrons. The van der Waals surface area contributed by atoms with Crippen molar-refractivity contribution in [1.82, 2.24) is 9.80 Å².